The van der Waals surface area contributed by atoms with Gasteiger partial charge < -0.3 is 20.7 Å². The molecule has 1 aromatic heterocycles. The van der Waals surface area contributed by atoms with Crippen molar-refractivity contribution in [3.8, 4) is 0 Å². The zero-order valence-corrected chi connectivity index (χ0v) is 14.7. The zero-order valence-electron chi connectivity index (χ0n) is 14.7. The number of hydrogen-bond donors (Lipinski definition) is 2. The number of hydrogen-bond acceptors (Lipinski definition) is 4. The highest BCUT2D eigenvalue weighted by atomic mass is 19.1. The van der Waals surface area contributed by atoms with Crippen molar-refractivity contribution in [2.45, 2.75) is 25.5 Å². The lowest BCUT2D eigenvalue weighted by Gasteiger charge is -2.26. The quantitative estimate of drug-likeness (QED) is 0.814. The average molecular weight is 372 g/mol. The van der Waals surface area contributed by atoms with E-state index in [1.165, 1.54) is 12.1 Å². The van der Waals surface area contributed by atoms with E-state index in [1.54, 1.807) is 23.4 Å². The number of pyridine rings is 1. The van der Waals surface area contributed by atoms with Crippen molar-refractivity contribution in [1.82, 2.24) is 9.88 Å². The summed E-state index contributed by atoms with van der Waals surface area (Å²) in [6, 6.07) is 7.01. The van der Waals surface area contributed by atoms with Gasteiger partial charge in [-0.3, -0.25) is 9.78 Å². The van der Waals surface area contributed by atoms with Crippen molar-refractivity contribution >= 4 is 17.6 Å². The van der Waals surface area contributed by atoms with Gasteiger partial charge in [0.2, 0.25) is 0 Å². The van der Waals surface area contributed by atoms with Gasteiger partial charge in [0.25, 0.3) is 5.91 Å². The number of urea groups is 1. The van der Waals surface area contributed by atoms with Gasteiger partial charge in [-0.15, -0.1) is 0 Å². The van der Waals surface area contributed by atoms with Crippen LogP contribution in [0.3, 0.4) is 0 Å². The van der Waals surface area contributed by atoms with Crippen LogP contribution in [0, 0.1) is 5.82 Å². The summed E-state index contributed by atoms with van der Waals surface area (Å²) in [5, 5.41) is 2.70. The van der Waals surface area contributed by atoms with Crippen molar-refractivity contribution < 1.29 is 18.7 Å². The van der Waals surface area contributed by atoms with Crippen LogP contribution in [0.25, 0.3) is 0 Å². The minimum absolute atomic E-state index is 0.0261. The molecule has 0 radical (unpaired) electrons. The normalized spacial score (nSPS) is 16.1. The smallest absolute Gasteiger partial charge is 0.322 e. The lowest BCUT2D eigenvalue weighted by molar-refractivity contribution is 0.0819. The van der Waals surface area contributed by atoms with Gasteiger partial charge in [0.15, 0.2) is 0 Å². The van der Waals surface area contributed by atoms with E-state index in [9.17, 15) is 14.0 Å². The number of amides is 3. The topological polar surface area (TPSA) is 97.5 Å². The lowest BCUT2D eigenvalue weighted by Crippen LogP contribution is -2.39. The fourth-order valence-corrected chi connectivity index (χ4v) is 2.96. The van der Waals surface area contributed by atoms with Crippen LogP contribution in [0.2, 0.25) is 0 Å². The number of nitrogens with zero attached hydrogens (tertiary/aromatic N) is 2. The molecular weight excluding hydrogens is 351 g/mol. The molecule has 27 heavy (non-hydrogen) atoms. The summed E-state index contributed by atoms with van der Waals surface area (Å²) in [5.41, 5.74) is 6.06. The Balaban J connectivity index is 1.75. The number of primary amides is 1. The summed E-state index contributed by atoms with van der Waals surface area (Å²) in [6.45, 7) is 1.46. The van der Waals surface area contributed by atoms with E-state index < -0.39 is 11.7 Å². The molecule has 3 N–H and O–H groups in total. The molecule has 1 aromatic carbocycles. The van der Waals surface area contributed by atoms with Gasteiger partial charge in [-0.1, -0.05) is 6.07 Å². The van der Waals surface area contributed by atoms with Crippen LogP contribution in [0.5, 0.6) is 0 Å². The van der Waals surface area contributed by atoms with Crippen LogP contribution in [0.15, 0.2) is 42.7 Å². The van der Waals surface area contributed by atoms with Gasteiger partial charge in [-0.2, -0.15) is 0 Å². The first-order valence-electron chi connectivity index (χ1n) is 8.68. The maximum atomic E-state index is 13.6. The SMILES string of the molecule is NC(=O)c1cc(NC(=O)N(Cc2cccnc2)C[C@@H]2CCCO2)ccc1F. The number of anilines is 1. The van der Waals surface area contributed by atoms with Gasteiger partial charge in [0.05, 0.1) is 11.7 Å². The summed E-state index contributed by atoms with van der Waals surface area (Å²) in [7, 11) is 0. The summed E-state index contributed by atoms with van der Waals surface area (Å²) in [6.07, 6.45) is 5.19. The van der Waals surface area contributed by atoms with Crippen LogP contribution in [0.1, 0.15) is 28.8 Å². The van der Waals surface area contributed by atoms with E-state index in [0.29, 0.717) is 25.4 Å². The number of ether oxygens (including phenoxy) is 1. The standard InChI is InChI=1S/C19H21FN4O3/c20-17-6-5-14(9-16(17)18(21)25)23-19(26)24(12-15-4-2-8-27-15)11-13-3-1-7-22-10-13/h1,3,5-7,9-10,15H,2,4,8,11-12H2,(H2,21,25)(H,23,26)/t15-/m0/s1. The number of halogens is 1. The Bertz CT molecular complexity index is 810. The molecule has 0 saturated carbocycles. The Morgan fingerprint density at radius 1 is 1.37 bits per heavy atom. The molecule has 0 unspecified atom stereocenters. The molecule has 3 amide bonds. The van der Waals surface area contributed by atoms with Crippen molar-refractivity contribution in [3.05, 3.63) is 59.7 Å². The fraction of sp³-hybridized carbons (Fsp3) is 0.316. The number of rotatable bonds is 6. The van der Waals surface area contributed by atoms with Crippen molar-refractivity contribution in [2.75, 3.05) is 18.5 Å². The Morgan fingerprint density at radius 3 is 2.89 bits per heavy atom. The van der Waals surface area contributed by atoms with Crippen molar-refractivity contribution in [1.29, 1.82) is 0 Å². The van der Waals surface area contributed by atoms with E-state index >= 15 is 0 Å². The first-order valence-corrected chi connectivity index (χ1v) is 8.68. The molecule has 0 bridgehead atoms. The number of carbonyl (C=O) groups excluding carboxylic acids is 2. The van der Waals surface area contributed by atoms with Gasteiger partial charge in [-0.05, 0) is 42.7 Å². The molecule has 0 aliphatic carbocycles. The Hall–Kier alpha value is -3.00. The molecule has 0 spiro atoms. The van der Waals surface area contributed by atoms with Crippen molar-refractivity contribution in [2.24, 2.45) is 5.73 Å². The lowest BCUT2D eigenvalue weighted by atomic mass is 10.1. The summed E-state index contributed by atoms with van der Waals surface area (Å²) < 4.78 is 19.3. The minimum atomic E-state index is -0.893. The molecule has 1 saturated heterocycles. The van der Waals surface area contributed by atoms with Gasteiger partial charge in [-0.25, -0.2) is 9.18 Å². The third-order valence-corrected chi connectivity index (χ3v) is 4.31. The van der Waals surface area contributed by atoms with Crippen molar-refractivity contribution in [3.63, 3.8) is 0 Å². The van der Waals surface area contributed by atoms with Crippen LogP contribution >= 0.6 is 0 Å². The highest BCUT2D eigenvalue weighted by Gasteiger charge is 2.23. The predicted octanol–water partition coefficient (Wildman–Crippen LogP) is 2.53. The highest BCUT2D eigenvalue weighted by molar-refractivity contribution is 5.96. The van der Waals surface area contributed by atoms with E-state index in [4.69, 9.17) is 10.5 Å². The van der Waals surface area contributed by atoms with Crippen LogP contribution in [-0.2, 0) is 11.3 Å². The molecule has 1 aliphatic rings. The second kappa shape index (κ2) is 8.59. The Kier molecular flexibility index (Phi) is 5.97. The first-order chi connectivity index (χ1) is 13.0. The predicted molar refractivity (Wildman–Crippen MR) is 97.6 cm³/mol. The fourth-order valence-electron chi connectivity index (χ4n) is 2.96. The molecule has 3 rings (SSSR count). The largest absolute Gasteiger partial charge is 0.376 e. The number of aromatic nitrogens is 1. The molecule has 7 nitrogen and oxygen atoms in total. The molecule has 1 atom stereocenters. The number of nitrogens with two attached hydrogens (primary N) is 1. The molecular formula is C19H21FN4O3. The zero-order chi connectivity index (χ0) is 19.2. The second-order valence-corrected chi connectivity index (χ2v) is 6.37. The molecule has 8 heteroatoms. The third-order valence-electron chi connectivity index (χ3n) is 4.31. The first kappa shape index (κ1) is 18.8. The van der Waals surface area contributed by atoms with Gasteiger partial charge in [0.1, 0.15) is 5.82 Å². The van der Waals surface area contributed by atoms with Crippen LogP contribution in [-0.4, -0.2) is 41.1 Å². The highest BCUT2D eigenvalue weighted by Crippen LogP contribution is 2.18. The maximum Gasteiger partial charge on any atom is 0.322 e. The van der Waals surface area contributed by atoms with E-state index in [2.05, 4.69) is 10.3 Å². The van der Waals surface area contributed by atoms with E-state index in [0.717, 1.165) is 24.5 Å². The third kappa shape index (κ3) is 5.01. The number of carbonyl (C=O) groups is 2. The molecule has 142 valence electrons. The molecule has 2 aromatic rings. The van der Waals surface area contributed by atoms with E-state index in [1.807, 2.05) is 6.07 Å². The van der Waals surface area contributed by atoms with Crippen LogP contribution < -0.4 is 11.1 Å². The Morgan fingerprint density at radius 2 is 2.22 bits per heavy atom. The number of nitrogens with one attached hydrogen (secondary N) is 1. The summed E-state index contributed by atoms with van der Waals surface area (Å²) in [5.74, 6) is -1.62. The summed E-state index contributed by atoms with van der Waals surface area (Å²) in [4.78, 5) is 29.8. The average Bonchev–Trinajstić information content (AvgIpc) is 3.16. The maximum absolute atomic E-state index is 13.6. The molecule has 2 heterocycles. The minimum Gasteiger partial charge on any atom is -0.376 e. The Labute approximate surface area is 156 Å². The molecule has 1 aliphatic heterocycles. The molecule has 1 fully saturated rings. The van der Waals surface area contributed by atoms with Gasteiger partial charge >= 0.3 is 6.03 Å². The summed E-state index contributed by atoms with van der Waals surface area (Å²) >= 11 is 0. The second-order valence-electron chi connectivity index (χ2n) is 6.37. The monoisotopic (exact) mass is 372 g/mol. The van der Waals surface area contributed by atoms with Crippen LogP contribution in [0.4, 0.5) is 14.9 Å². The number of benzene rings is 1. The van der Waals surface area contributed by atoms with E-state index in [-0.39, 0.29) is 17.7 Å². The van der Waals surface area contributed by atoms with Gasteiger partial charge in [0, 0.05) is 37.8 Å².